The molecule has 0 spiro atoms. The maximum atomic E-state index is 12.2. The van der Waals surface area contributed by atoms with Gasteiger partial charge in [0, 0.05) is 7.05 Å². The minimum atomic E-state index is -0.157. The number of rotatable bonds is 3. The predicted octanol–water partition coefficient (Wildman–Crippen LogP) is 3.92. The van der Waals surface area contributed by atoms with Crippen molar-refractivity contribution in [3.63, 3.8) is 0 Å². The third kappa shape index (κ3) is 2.62. The SMILES string of the molecule is CN(Cc1nc2ccccc2s1)C(=O)c1ccc(Br)o1. The lowest BCUT2D eigenvalue weighted by atomic mass is 10.3. The second kappa shape index (κ2) is 5.38. The van der Waals surface area contributed by atoms with Crippen molar-refractivity contribution in [1.82, 2.24) is 9.88 Å². The molecule has 0 aliphatic carbocycles. The van der Waals surface area contributed by atoms with Crippen LogP contribution < -0.4 is 0 Å². The van der Waals surface area contributed by atoms with Crippen LogP contribution in [0.3, 0.4) is 0 Å². The lowest BCUT2D eigenvalue weighted by Crippen LogP contribution is -2.25. The third-order valence-corrected chi connectivity index (χ3v) is 4.29. The molecule has 0 saturated heterocycles. The monoisotopic (exact) mass is 350 g/mol. The summed E-state index contributed by atoms with van der Waals surface area (Å²) < 4.78 is 6.95. The van der Waals surface area contributed by atoms with E-state index >= 15 is 0 Å². The molecule has 0 saturated carbocycles. The van der Waals surface area contributed by atoms with Gasteiger partial charge in [-0.3, -0.25) is 4.79 Å². The summed E-state index contributed by atoms with van der Waals surface area (Å²) in [7, 11) is 1.74. The van der Waals surface area contributed by atoms with Gasteiger partial charge in [-0.2, -0.15) is 0 Å². The molecule has 1 aromatic carbocycles. The molecule has 0 aliphatic heterocycles. The molecule has 1 amide bonds. The van der Waals surface area contributed by atoms with Crippen molar-refractivity contribution in [2.24, 2.45) is 0 Å². The van der Waals surface area contributed by atoms with Gasteiger partial charge >= 0.3 is 0 Å². The minimum Gasteiger partial charge on any atom is -0.444 e. The Morgan fingerprint density at radius 3 is 2.85 bits per heavy atom. The van der Waals surface area contributed by atoms with Crippen LogP contribution >= 0.6 is 27.3 Å². The zero-order valence-electron chi connectivity index (χ0n) is 10.7. The van der Waals surface area contributed by atoms with Gasteiger partial charge in [-0.25, -0.2) is 4.98 Å². The summed E-state index contributed by atoms with van der Waals surface area (Å²) in [5.41, 5.74) is 0.967. The van der Waals surface area contributed by atoms with E-state index in [1.807, 2.05) is 24.3 Å². The first kappa shape index (κ1) is 13.3. The fourth-order valence-electron chi connectivity index (χ4n) is 1.88. The normalized spacial score (nSPS) is 10.9. The van der Waals surface area contributed by atoms with E-state index in [1.165, 1.54) is 0 Å². The molecule has 102 valence electrons. The first-order valence-corrected chi connectivity index (χ1v) is 7.59. The fraction of sp³-hybridized carbons (Fsp3) is 0.143. The van der Waals surface area contributed by atoms with Gasteiger partial charge in [0.15, 0.2) is 10.4 Å². The fourth-order valence-corrected chi connectivity index (χ4v) is 3.21. The van der Waals surface area contributed by atoms with E-state index in [1.54, 1.807) is 35.4 Å². The van der Waals surface area contributed by atoms with Crippen molar-refractivity contribution in [3.05, 3.63) is 51.8 Å². The second-order valence-corrected chi connectivity index (χ2v) is 6.24. The summed E-state index contributed by atoms with van der Waals surface area (Å²) in [6.45, 7) is 0.469. The average molecular weight is 351 g/mol. The number of furan rings is 1. The van der Waals surface area contributed by atoms with Crippen LogP contribution in [0.25, 0.3) is 10.2 Å². The van der Waals surface area contributed by atoms with Crippen LogP contribution in [0.1, 0.15) is 15.6 Å². The Bertz CT molecular complexity index is 732. The zero-order valence-corrected chi connectivity index (χ0v) is 13.1. The Kier molecular flexibility index (Phi) is 3.58. The van der Waals surface area contributed by atoms with Gasteiger partial charge in [-0.1, -0.05) is 12.1 Å². The van der Waals surface area contributed by atoms with Gasteiger partial charge in [-0.05, 0) is 40.2 Å². The lowest BCUT2D eigenvalue weighted by Gasteiger charge is -2.13. The zero-order chi connectivity index (χ0) is 14.1. The van der Waals surface area contributed by atoms with Crippen LogP contribution in [0.4, 0.5) is 0 Å². The highest BCUT2D eigenvalue weighted by atomic mass is 79.9. The summed E-state index contributed by atoms with van der Waals surface area (Å²) >= 11 is 4.79. The molecule has 0 N–H and O–H groups in total. The molecule has 0 aliphatic rings. The van der Waals surface area contributed by atoms with Gasteiger partial charge < -0.3 is 9.32 Å². The number of amides is 1. The van der Waals surface area contributed by atoms with Crippen LogP contribution in [0, 0.1) is 0 Å². The van der Waals surface area contributed by atoms with E-state index in [4.69, 9.17) is 4.42 Å². The topological polar surface area (TPSA) is 46.3 Å². The van der Waals surface area contributed by atoms with Gasteiger partial charge in [0.25, 0.3) is 5.91 Å². The van der Waals surface area contributed by atoms with Crippen LogP contribution in [-0.2, 0) is 6.54 Å². The Labute approximate surface area is 128 Å². The Balaban J connectivity index is 1.78. The highest BCUT2D eigenvalue weighted by Crippen LogP contribution is 2.23. The molecule has 3 aromatic rings. The number of para-hydroxylation sites is 1. The number of thiazole rings is 1. The van der Waals surface area contributed by atoms with Crippen molar-refractivity contribution < 1.29 is 9.21 Å². The van der Waals surface area contributed by atoms with Crippen molar-refractivity contribution in [2.45, 2.75) is 6.54 Å². The maximum Gasteiger partial charge on any atom is 0.289 e. The lowest BCUT2D eigenvalue weighted by molar-refractivity contribution is 0.0752. The molecule has 0 radical (unpaired) electrons. The van der Waals surface area contributed by atoms with E-state index in [9.17, 15) is 4.79 Å². The second-order valence-electron chi connectivity index (χ2n) is 4.34. The van der Waals surface area contributed by atoms with E-state index in [0.717, 1.165) is 15.2 Å². The largest absolute Gasteiger partial charge is 0.444 e. The van der Waals surface area contributed by atoms with Crippen molar-refractivity contribution in [3.8, 4) is 0 Å². The highest BCUT2D eigenvalue weighted by molar-refractivity contribution is 9.10. The first-order chi connectivity index (χ1) is 9.63. The third-order valence-electron chi connectivity index (χ3n) is 2.84. The van der Waals surface area contributed by atoms with Crippen molar-refractivity contribution in [1.29, 1.82) is 0 Å². The molecule has 2 heterocycles. The Morgan fingerprint density at radius 1 is 1.35 bits per heavy atom. The minimum absolute atomic E-state index is 0.157. The van der Waals surface area contributed by atoms with Gasteiger partial charge in [0.1, 0.15) is 5.01 Å². The molecular formula is C14H11BrN2O2S. The number of benzene rings is 1. The molecule has 3 rings (SSSR count). The number of halogens is 1. The first-order valence-electron chi connectivity index (χ1n) is 5.99. The van der Waals surface area contributed by atoms with Crippen LogP contribution in [0.15, 0.2) is 45.5 Å². The van der Waals surface area contributed by atoms with Crippen molar-refractivity contribution >= 4 is 43.4 Å². The van der Waals surface area contributed by atoms with E-state index in [0.29, 0.717) is 17.0 Å². The van der Waals surface area contributed by atoms with Gasteiger partial charge in [0.2, 0.25) is 0 Å². The average Bonchev–Trinajstić information content (AvgIpc) is 3.03. The van der Waals surface area contributed by atoms with Crippen LogP contribution in [-0.4, -0.2) is 22.8 Å². The quantitative estimate of drug-likeness (QED) is 0.718. The Hall–Kier alpha value is -1.66. The molecule has 0 atom stereocenters. The molecule has 0 bridgehead atoms. The molecule has 0 unspecified atom stereocenters. The van der Waals surface area contributed by atoms with Gasteiger partial charge in [0.05, 0.1) is 16.8 Å². The molecular weight excluding hydrogens is 340 g/mol. The summed E-state index contributed by atoms with van der Waals surface area (Å²) in [4.78, 5) is 18.3. The number of nitrogens with zero attached hydrogens (tertiary/aromatic N) is 2. The standard InChI is InChI=1S/C14H11BrN2O2S/c1-17(14(18)10-6-7-12(15)19-10)8-13-16-9-4-2-3-5-11(9)20-13/h2-7H,8H2,1H3. The maximum absolute atomic E-state index is 12.2. The molecule has 6 heteroatoms. The van der Waals surface area contributed by atoms with Crippen LogP contribution in [0.5, 0.6) is 0 Å². The van der Waals surface area contributed by atoms with E-state index < -0.39 is 0 Å². The molecule has 20 heavy (non-hydrogen) atoms. The van der Waals surface area contributed by atoms with Crippen molar-refractivity contribution in [2.75, 3.05) is 7.05 Å². The highest BCUT2D eigenvalue weighted by Gasteiger charge is 2.17. The smallest absolute Gasteiger partial charge is 0.289 e. The number of carbonyl (C=O) groups is 1. The summed E-state index contributed by atoms with van der Waals surface area (Å²) in [5, 5.41) is 0.910. The molecule has 2 aromatic heterocycles. The van der Waals surface area contributed by atoms with Crippen LogP contribution in [0.2, 0.25) is 0 Å². The summed E-state index contributed by atoms with van der Waals surface area (Å²) in [5.74, 6) is 0.162. The molecule has 4 nitrogen and oxygen atoms in total. The molecule has 0 fully saturated rings. The van der Waals surface area contributed by atoms with Gasteiger partial charge in [-0.15, -0.1) is 11.3 Å². The predicted molar refractivity (Wildman–Crippen MR) is 81.8 cm³/mol. The number of hydrogen-bond donors (Lipinski definition) is 0. The number of hydrogen-bond acceptors (Lipinski definition) is 4. The number of fused-ring (bicyclic) bond motifs is 1. The summed E-state index contributed by atoms with van der Waals surface area (Å²) in [6.07, 6.45) is 0. The number of carbonyl (C=O) groups excluding carboxylic acids is 1. The van der Waals surface area contributed by atoms with E-state index in [2.05, 4.69) is 20.9 Å². The number of aromatic nitrogens is 1. The Morgan fingerprint density at radius 2 is 2.15 bits per heavy atom. The summed E-state index contributed by atoms with van der Waals surface area (Å²) in [6, 6.07) is 11.3. The van der Waals surface area contributed by atoms with E-state index in [-0.39, 0.29) is 5.91 Å².